The Morgan fingerprint density at radius 1 is 1.07 bits per heavy atom. The second-order valence-corrected chi connectivity index (χ2v) is 9.69. The fourth-order valence-electron chi connectivity index (χ4n) is 5.91. The zero-order valence-corrected chi connectivity index (χ0v) is 18.0. The summed E-state index contributed by atoms with van der Waals surface area (Å²) in [7, 11) is 0. The lowest BCUT2D eigenvalue weighted by Crippen LogP contribution is -2.67. The van der Waals surface area contributed by atoms with Gasteiger partial charge in [-0.15, -0.1) is 0 Å². The molecule has 0 unspecified atom stereocenters. The lowest BCUT2D eigenvalue weighted by atomic mass is 9.89. The van der Waals surface area contributed by atoms with Crippen molar-refractivity contribution < 1.29 is 14.0 Å². The zero-order chi connectivity index (χ0) is 20.7. The molecule has 1 aliphatic heterocycles. The monoisotopic (exact) mass is 411 g/mol. The number of hydrogen-bond donors (Lipinski definition) is 1. The van der Waals surface area contributed by atoms with Crippen LogP contribution in [0.25, 0.3) is 11.1 Å². The molecular formula is C24H33N3O3. The number of furan rings is 1. The van der Waals surface area contributed by atoms with Crippen LogP contribution in [0.2, 0.25) is 0 Å². The lowest BCUT2D eigenvalue weighted by molar-refractivity contribution is -0.135. The summed E-state index contributed by atoms with van der Waals surface area (Å²) < 4.78 is 7.57. The summed E-state index contributed by atoms with van der Waals surface area (Å²) in [6.45, 7) is 2.45. The molecule has 0 aromatic carbocycles. The Balaban J connectivity index is 1.53. The maximum Gasteiger partial charge on any atom is 0.271 e. The van der Waals surface area contributed by atoms with E-state index in [-0.39, 0.29) is 23.9 Å². The molecule has 0 radical (unpaired) electrons. The zero-order valence-electron chi connectivity index (χ0n) is 18.0. The van der Waals surface area contributed by atoms with Crippen molar-refractivity contribution in [2.45, 2.75) is 102 Å². The summed E-state index contributed by atoms with van der Waals surface area (Å²) >= 11 is 0. The maximum atomic E-state index is 13.8. The van der Waals surface area contributed by atoms with Crippen LogP contribution in [0.15, 0.2) is 22.8 Å². The van der Waals surface area contributed by atoms with E-state index in [2.05, 4.69) is 5.32 Å². The van der Waals surface area contributed by atoms with Crippen LogP contribution in [-0.4, -0.2) is 38.9 Å². The molecule has 2 aliphatic carbocycles. The quantitative estimate of drug-likeness (QED) is 0.750. The number of aromatic nitrogens is 1. The fourth-order valence-corrected chi connectivity index (χ4v) is 5.91. The van der Waals surface area contributed by atoms with Gasteiger partial charge in [0.05, 0.1) is 18.3 Å². The first kappa shape index (κ1) is 19.7. The van der Waals surface area contributed by atoms with Crippen LogP contribution in [0.3, 0.4) is 0 Å². The number of fused-ring (bicyclic) bond motifs is 3. The van der Waals surface area contributed by atoms with Crippen LogP contribution >= 0.6 is 0 Å². The molecule has 2 amide bonds. The van der Waals surface area contributed by atoms with E-state index >= 15 is 0 Å². The van der Waals surface area contributed by atoms with Crippen molar-refractivity contribution in [2.75, 3.05) is 0 Å². The highest BCUT2D eigenvalue weighted by Crippen LogP contribution is 2.37. The molecule has 5 rings (SSSR count). The summed E-state index contributed by atoms with van der Waals surface area (Å²) in [5.41, 5.74) is 1.38. The van der Waals surface area contributed by atoms with Crippen molar-refractivity contribution in [3.63, 3.8) is 0 Å². The largest absolute Gasteiger partial charge is 0.463 e. The summed E-state index contributed by atoms with van der Waals surface area (Å²) in [6.07, 6.45) is 14.0. The smallest absolute Gasteiger partial charge is 0.271 e. The molecule has 162 valence electrons. The van der Waals surface area contributed by atoms with Crippen LogP contribution in [-0.2, 0) is 11.3 Å². The molecule has 3 aliphatic rings. The van der Waals surface area contributed by atoms with E-state index in [9.17, 15) is 9.59 Å². The molecule has 0 spiro atoms. The van der Waals surface area contributed by atoms with Gasteiger partial charge in [-0.2, -0.15) is 0 Å². The highest BCUT2D eigenvalue weighted by atomic mass is 16.3. The lowest BCUT2D eigenvalue weighted by Gasteiger charge is -2.48. The summed E-state index contributed by atoms with van der Waals surface area (Å²) in [6, 6.07) is 4.10. The molecule has 6 heteroatoms. The predicted molar refractivity (Wildman–Crippen MR) is 115 cm³/mol. The van der Waals surface area contributed by atoms with E-state index in [1.165, 1.54) is 32.1 Å². The van der Waals surface area contributed by atoms with Gasteiger partial charge >= 0.3 is 0 Å². The number of carbonyl (C=O) groups excluding carboxylic acids is 2. The Bertz CT molecular complexity index is 931. The molecule has 6 nitrogen and oxygen atoms in total. The van der Waals surface area contributed by atoms with Crippen molar-refractivity contribution in [1.29, 1.82) is 0 Å². The first-order valence-corrected chi connectivity index (χ1v) is 11.8. The normalized spacial score (nSPS) is 26.6. The fraction of sp³-hybridized carbons (Fsp3) is 0.667. The molecular weight excluding hydrogens is 378 g/mol. The van der Waals surface area contributed by atoms with Crippen LogP contribution in [0.4, 0.5) is 0 Å². The van der Waals surface area contributed by atoms with Crippen molar-refractivity contribution in [3.05, 3.63) is 24.1 Å². The molecule has 3 heterocycles. The standard InChI is InChI=1S/C24H33N3O3/c1-24(23(29)25-17-9-5-4-6-10-17)16-26-19-13-14-30-21(19)15-20(26)22(28)27(24)18-11-7-2-3-8-12-18/h13-15,17-18H,2-12,16H2,1H3,(H,25,29)/t24-/m0/s1. The van der Waals surface area contributed by atoms with Gasteiger partial charge in [0.25, 0.3) is 5.91 Å². The number of carbonyl (C=O) groups is 2. The highest BCUT2D eigenvalue weighted by Gasteiger charge is 2.50. The molecule has 2 saturated carbocycles. The van der Waals surface area contributed by atoms with Gasteiger partial charge in [0.2, 0.25) is 5.91 Å². The number of amides is 2. The van der Waals surface area contributed by atoms with Gasteiger partial charge in [0.1, 0.15) is 11.2 Å². The molecule has 1 N–H and O–H groups in total. The third kappa shape index (κ3) is 3.25. The third-order valence-electron chi connectivity index (χ3n) is 7.58. The Kier molecular flexibility index (Phi) is 5.11. The Labute approximate surface area is 178 Å². The van der Waals surface area contributed by atoms with Gasteiger partial charge < -0.3 is 19.2 Å². The average molecular weight is 412 g/mol. The van der Waals surface area contributed by atoms with Crippen molar-refractivity contribution in [2.24, 2.45) is 0 Å². The van der Waals surface area contributed by atoms with Gasteiger partial charge in [0, 0.05) is 24.2 Å². The molecule has 0 bridgehead atoms. The Morgan fingerprint density at radius 2 is 1.73 bits per heavy atom. The van der Waals surface area contributed by atoms with Crippen LogP contribution < -0.4 is 5.32 Å². The van der Waals surface area contributed by atoms with Crippen molar-refractivity contribution in [3.8, 4) is 0 Å². The molecule has 2 fully saturated rings. The minimum atomic E-state index is -0.889. The van der Waals surface area contributed by atoms with E-state index in [4.69, 9.17) is 4.42 Å². The van der Waals surface area contributed by atoms with Crippen LogP contribution in [0, 0.1) is 0 Å². The molecule has 30 heavy (non-hydrogen) atoms. The Hall–Kier alpha value is -2.24. The topological polar surface area (TPSA) is 67.5 Å². The highest BCUT2D eigenvalue weighted by molar-refractivity contribution is 6.03. The van der Waals surface area contributed by atoms with E-state index < -0.39 is 5.54 Å². The van der Waals surface area contributed by atoms with Crippen LogP contribution in [0.5, 0.6) is 0 Å². The Morgan fingerprint density at radius 3 is 2.47 bits per heavy atom. The second-order valence-electron chi connectivity index (χ2n) is 9.69. The van der Waals surface area contributed by atoms with Gasteiger partial charge in [-0.25, -0.2) is 0 Å². The van der Waals surface area contributed by atoms with Gasteiger partial charge in [-0.05, 0) is 32.6 Å². The second kappa shape index (κ2) is 7.78. The predicted octanol–water partition coefficient (Wildman–Crippen LogP) is 4.62. The van der Waals surface area contributed by atoms with Gasteiger partial charge in [0.15, 0.2) is 5.58 Å². The molecule has 0 saturated heterocycles. The first-order chi connectivity index (χ1) is 14.6. The average Bonchev–Trinajstić information content (AvgIpc) is 3.23. The molecule has 2 aromatic heterocycles. The number of nitrogens with one attached hydrogen (secondary N) is 1. The first-order valence-electron chi connectivity index (χ1n) is 11.8. The van der Waals surface area contributed by atoms with E-state index in [1.54, 1.807) is 6.26 Å². The number of hydrogen-bond acceptors (Lipinski definition) is 3. The summed E-state index contributed by atoms with van der Waals surface area (Å²) in [5.74, 6) is -0.0242. The summed E-state index contributed by atoms with van der Waals surface area (Å²) in [5, 5.41) is 3.33. The number of rotatable bonds is 3. The van der Waals surface area contributed by atoms with Gasteiger partial charge in [-0.1, -0.05) is 44.9 Å². The summed E-state index contributed by atoms with van der Waals surface area (Å²) in [4.78, 5) is 29.5. The van der Waals surface area contributed by atoms with Crippen molar-refractivity contribution in [1.82, 2.24) is 14.8 Å². The molecule has 2 aromatic rings. The van der Waals surface area contributed by atoms with Gasteiger partial charge in [-0.3, -0.25) is 9.59 Å². The molecule has 1 atom stereocenters. The maximum absolute atomic E-state index is 13.8. The van der Waals surface area contributed by atoms with E-state index in [1.807, 2.05) is 28.5 Å². The minimum Gasteiger partial charge on any atom is -0.463 e. The number of nitrogens with zero attached hydrogens (tertiary/aromatic N) is 2. The van der Waals surface area contributed by atoms with Crippen LogP contribution in [0.1, 0.15) is 88.0 Å². The van der Waals surface area contributed by atoms with Crippen molar-refractivity contribution >= 4 is 22.9 Å². The minimum absolute atomic E-state index is 0.00277. The van der Waals surface area contributed by atoms with E-state index in [0.717, 1.165) is 49.6 Å². The third-order valence-corrected chi connectivity index (χ3v) is 7.58. The SMILES string of the molecule is C[C@@]1(C(=O)NC2CCCCC2)Cn2c(cc3occc32)C(=O)N1C1CCCCCC1. The van der Waals surface area contributed by atoms with E-state index in [0.29, 0.717) is 12.2 Å².